The maximum absolute atomic E-state index is 14.0. The molecule has 2 aliphatic carbocycles. The summed E-state index contributed by atoms with van der Waals surface area (Å²) in [6, 6.07) is 8.12. The third-order valence-corrected chi connectivity index (χ3v) is 12.0. The van der Waals surface area contributed by atoms with E-state index in [1.807, 2.05) is 24.5 Å². The Labute approximate surface area is 298 Å². The number of hydrogen-bond acceptors (Lipinski definition) is 5. The fraction of sp³-hybridized carbons (Fsp3) is 0.545. The van der Waals surface area contributed by atoms with Crippen molar-refractivity contribution in [1.29, 1.82) is 0 Å². The molecule has 0 saturated heterocycles. The third kappa shape index (κ3) is 8.25. The summed E-state index contributed by atoms with van der Waals surface area (Å²) in [5.74, 6) is 0.0562. The summed E-state index contributed by atoms with van der Waals surface area (Å²) in [6.45, 7) is 4.54. The molecular formula is C44H56N2O2S. The molecule has 0 radical (unpaired) electrons. The topological polar surface area (TPSA) is 59.9 Å². The number of fused-ring (bicyclic) bond motifs is 4. The molecule has 1 aromatic carbocycles. The number of aryl methyl sites for hydroxylation is 2. The van der Waals surface area contributed by atoms with E-state index in [2.05, 4.69) is 26.0 Å². The van der Waals surface area contributed by atoms with Crippen molar-refractivity contribution in [1.82, 2.24) is 9.97 Å². The number of thiophene rings is 1. The molecule has 3 heterocycles. The van der Waals surface area contributed by atoms with Crippen molar-refractivity contribution >= 4 is 33.7 Å². The molecule has 3 aromatic heterocycles. The highest BCUT2D eigenvalue weighted by atomic mass is 32.1. The summed E-state index contributed by atoms with van der Waals surface area (Å²) >= 11 is 1.51. The molecule has 0 saturated carbocycles. The van der Waals surface area contributed by atoms with Gasteiger partial charge >= 0.3 is 0 Å². The Morgan fingerprint density at radius 3 is 1.43 bits per heavy atom. The van der Waals surface area contributed by atoms with E-state index in [1.54, 1.807) is 0 Å². The average Bonchev–Trinajstić information content (AvgIpc) is 3.53. The first kappa shape index (κ1) is 35.6. The zero-order valence-corrected chi connectivity index (χ0v) is 31.0. The second-order valence-corrected chi connectivity index (χ2v) is 15.7. The van der Waals surface area contributed by atoms with Crippen LogP contribution >= 0.6 is 11.3 Å². The van der Waals surface area contributed by atoms with E-state index in [0.29, 0.717) is 16.7 Å². The van der Waals surface area contributed by atoms with Gasteiger partial charge in [0.25, 0.3) is 0 Å². The lowest BCUT2D eigenvalue weighted by molar-refractivity contribution is 0.103. The van der Waals surface area contributed by atoms with Gasteiger partial charge in [0.1, 0.15) is 0 Å². The summed E-state index contributed by atoms with van der Waals surface area (Å²) in [5.41, 5.74) is 6.79. The molecule has 0 N–H and O–H groups in total. The maximum atomic E-state index is 14.0. The molecule has 0 spiro atoms. The molecular weight excluding hydrogens is 621 g/mol. The molecule has 260 valence electrons. The zero-order valence-electron chi connectivity index (χ0n) is 30.1. The predicted molar refractivity (Wildman–Crippen MR) is 206 cm³/mol. The Bertz CT molecular complexity index is 1750. The second-order valence-electron chi connectivity index (χ2n) is 14.7. The summed E-state index contributed by atoms with van der Waals surface area (Å²) in [7, 11) is 0. The molecule has 0 aliphatic heterocycles. The molecule has 0 atom stereocenters. The minimum atomic E-state index is 0.0221. The standard InChI is InChI=1S/C44H56N2O2S/c1-3-5-7-9-11-13-15-17-19-21-23-31-27-35-39(45-29-31)33-25-26-34-38-37(33)44(42(35)48)49-43(38)40-36(41(34)47)28-32(30-46-40)24-22-20-18-16-14-12-10-8-6-4-2/h25-30H,3-24H2,1-2H3. The highest BCUT2D eigenvalue weighted by molar-refractivity contribution is 7.20. The van der Waals surface area contributed by atoms with Crippen LogP contribution in [-0.4, -0.2) is 21.5 Å². The first-order valence-electron chi connectivity index (χ1n) is 19.8. The quantitative estimate of drug-likeness (QED) is 0.0671. The highest BCUT2D eigenvalue weighted by Gasteiger charge is 2.36. The average molecular weight is 677 g/mol. The van der Waals surface area contributed by atoms with Gasteiger partial charge in [0.2, 0.25) is 5.78 Å². The normalized spacial score (nSPS) is 12.9. The lowest BCUT2D eigenvalue weighted by Gasteiger charge is -2.19. The van der Waals surface area contributed by atoms with Crippen molar-refractivity contribution in [2.45, 2.75) is 155 Å². The van der Waals surface area contributed by atoms with Crippen LogP contribution in [0.2, 0.25) is 0 Å². The molecule has 0 unspecified atom stereocenters. The molecule has 4 aromatic rings. The Balaban J connectivity index is 1.08. The van der Waals surface area contributed by atoms with Crippen molar-refractivity contribution < 1.29 is 9.59 Å². The fourth-order valence-corrected chi connectivity index (χ4v) is 9.22. The second kappa shape index (κ2) is 17.7. The largest absolute Gasteiger partial charge is 0.289 e. The molecule has 49 heavy (non-hydrogen) atoms. The molecule has 4 nitrogen and oxygen atoms in total. The lowest BCUT2D eigenvalue weighted by atomic mass is 9.83. The SMILES string of the molecule is CCCCCCCCCCCCc1cnc2c(c1)C(=O)c1sc3c4c(ccc-2c14)C(=O)c1cc(CCCCCCCCCCCC)cnc1-3. The Morgan fingerprint density at radius 2 is 0.898 bits per heavy atom. The first-order valence-corrected chi connectivity index (χ1v) is 20.6. The minimum absolute atomic E-state index is 0.0221. The molecule has 5 heteroatoms. The Kier molecular flexibility index (Phi) is 12.8. The number of benzene rings is 1. The van der Waals surface area contributed by atoms with Gasteiger partial charge in [-0.1, -0.05) is 135 Å². The lowest BCUT2D eigenvalue weighted by Crippen LogP contribution is -2.13. The van der Waals surface area contributed by atoms with Crippen LogP contribution in [0.25, 0.3) is 32.6 Å². The van der Waals surface area contributed by atoms with Gasteiger partial charge in [-0.05, 0) is 55.0 Å². The van der Waals surface area contributed by atoms with Gasteiger partial charge in [-0.15, -0.1) is 11.3 Å². The summed E-state index contributed by atoms with van der Waals surface area (Å²) in [4.78, 5) is 39.3. The van der Waals surface area contributed by atoms with Gasteiger partial charge in [0.15, 0.2) is 5.78 Å². The van der Waals surface area contributed by atoms with Gasteiger partial charge in [0.05, 0.1) is 32.3 Å². The summed E-state index contributed by atoms with van der Waals surface area (Å²) < 4.78 is 0. The van der Waals surface area contributed by atoms with E-state index < -0.39 is 0 Å². The van der Waals surface area contributed by atoms with E-state index >= 15 is 0 Å². The molecule has 6 rings (SSSR count). The van der Waals surface area contributed by atoms with E-state index in [-0.39, 0.29) is 11.6 Å². The zero-order chi connectivity index (χ0) is 34.0. The molecule has 0 fully saturated rings. The summed E-state index contributed by atoms with van der Waals surface area (Å²) in [5, 5.41) is 1.78. The third-order valence-electron chi connectivity index (χ3n) is 10.8. The van der Waals surface area contributed by atoms with Crippen molar-refractivity contribution in [2.24, 2.45) is 0 Å². The van der Waals surface area contributed by atoms with Crippen LogP contribution in [0.4, 0.5) is 0 Å². The molecule has 0 amide bonds. The van der Waals surface area contributed by atoms with Crippen LogP contribution in [0.15, 0.2) is 36.7 Å². The molecule has 0 bridgehead atoms. The number of rotatable bonds is 22. The van der Waals surface area contributed by atoms with Crippen LogP contribution < -0.4 is 0 Å². The number of nitrogens with zero attached hydrogens (tertiary/aromatic N) is 2. The van der Waals surface area contributed by atoms with Crippen molar-refractivity contribution in [3.05, 3.63) is 69.4 Å². The van der Waals surface area contributed by atoms with E-state index in [4.69, 9.17) is 9.97 Å². The van der Waals surface area contributed by atoms with Crippen LogP contribution in [0.5, 0.6) is 0 Å². The number of carbonyl (C=O) groups is 2. The van der Waals surface area contributed by atoms with Gasteiger partial charge in [-0.25, -0.2) is 0 Å². The number of ketones is 2. The highest BCUT2D eigenvalue weighted by Crippen LogP contribution is 2.51. The smallest absolute Gasteiger partial charge is 0.205 e. The van der Waals surface area contributed by atoms with Crippen LogP contribution in [0.3, 0.4) is 0 Å². The van der Waals surface area contributed by atoms with E-state index in [9.17, 15) is 9.59 Å². The number of pyridine rings is 2. The number of hydrogen-bond donors (Lipinski definition) is 0. The fourth-order valence-electron chi connectivity index (χ4n) is 7.92. The Morgan fingerprint density at radius 1 is 0.469 bits per heavy atom. The van der Waals surface area contributed by atoms with E-state index in [0.717, 1.165) is 74.3 Å². The minimum Gasteiger partial charge on any atom is -0.289 e. The van der Waals surface area contributed by atoms with E-state index in [1.165, 1.54) is 127 Å². The van der Waals surface area contributed by atoms with Gasteiger partial charge in [0, 0.05) is 34.3 Å². The first-order chi connectivity index (χ1) is 24.1. The van der Waals surface area contributed by atoms with Gasteiger partial charge in [-0.2, -0.15) is 0 Å². The van der Waals surface area contributed by atoms with Crippen LogP contribution in [-0.2, 0) is 12.8 Å². The Hall–Kier alpha value is -3.18. The van der Waals surface area contributed by atoms with Crippen molar-refractivity contribution in [2.75, 3.05) is 0 Å². The predicted octanol–water partition coefficient (Wildman–Crippen LogP) is 13.0. The van der Waals surface area contributed by atoms with Gasteiger partial charge < -0.3 is 0 Å². The van der Waals surface area contributed by atoms with Crippen molar-refractivity contribution in [3.8, 4) is 21.8 Å². The van der Waals surface area contributed by atoms with Crippen LogP contribution in [0.1, 0.15) is 185 Å². The maximum Gasteiger partial charge on any atom is 0.205 e. The van der Waals surface area contributed by atoms with Gasteiger partial charge in [-0.3, -0.25) is 19.6 Å². The number of aromatic nitrogens is 2. The monoisotopic (exact) mass is 676 g/mol. The number of carbonyl (C=O) groups excluding carboxylic acids is 2. The molecule has 2 aliphatic rings. The van der Waals surface area contributed by atoms with Crippen molar-refractivity contribution in [3.63, 3.8) is 0 Å². The number of unbranched alkanes of at least 4 members (excludes halogenated alkanes) is 18. The van der Waals surface area contributed by atoms with Crippen LogP contribution in [0, 0.1) is 0 Å². The summed E-state index contributed by atoms with van der Waals surface area (Å²) in [6.07, 6.45) is 32.0.